The lowest BCUT2D eigenvalue weighted by Crippen LogP contribution is -2.08. The second-order valence-electron chi connectivity index (χ2n) is 6.36. The minimum Gasteiger partial charge on any atom is -0.361 e. The van der Waals surface area contributed by atoms with E-state index in [1.54, 1.807) is 18.2 Å². The molecule has 2 N–H and O–H groups in total. The van der Waals surface area contributed by atoms with Gasteiger partial charge in [-0.15, -0.1) is 0 Å². The van der Waals surface area contributed by atoms with Crippen LogP contribution in [-0.2, 0) is 14.6 Å². The number of H-pyrrole nitrogens is 1. The normalized spacial score (nSPS) is 11.5. The van der Waals surface area contributed by atoms with Gasteiger partial charge in [0.2, 0.25) is 15.7 Å². The molecule has 0 aliphatic rings. The summed E-state index contributed by atoms with van der Waals surface area (Å²) in [5, 5.41) is 3.66. The SMILES string of the molecule is CC(=O)Nc1cc(-c2cccc3[nH]ccc23)cc(S(=O)(=O)c2cccnc2)c1. The Hall–Kier alpha value is -3.45. The van der Waals surface area contributed by atoms with Gasteiger partial charge in [0.05, 0.1) is 9.79 Å². The topological polar surface area (TPSA) is 91.9 Å². The van der Waals surface area contributed by atoms with Gasteiger partial charge < -0.3 is 10.3 Å². The summed E-state index contributed by atoms with van der Waals surface area (Å²) in [5.74, 6) is -0.276. The van der Waals surface area contributed by atoms with E-state index in [1.807, 2.05) is 30.5 Å². The standard InChI is InChI=1S/C21H17N3O3S/c1-14(25)24-16-10-15(19-5-2-6-21-20(19)7-9-23-21)11-18(12-16)28(26,27)17-4-3-8-22-13-17/h2-13,23H,1H3,(H,24,25). The first-order chi connectivity index (χ1) is 13.4. The number of carbonyl (C=O) groups excluding carboxylic acids is 1. The molecule has 0 bridgehead atoms. The molecule has 7 heteroatoms. The van der Waals surface area contributed by atoms with Crippen molar-refractivity contribution < 1.29 is 13.2 Å². The number of amides is 1. The number of rotatable bonds is 4. The largest absolute Gasteiger partial charge is 0.361 e. The molecule has 140 valence electrons. The van der Waals surface area contributed by atoms with Crippen LogP contribution in [0, 0.1) is 0 Å². The molecule has 2 heterocycles. The molecule has 28 heavy (non-hydrogen) atoms. The van der Waals surface area contributed by atoms with Crippen LogP contribution in [0.2, 0.25) is 0 Å². The first kappa shape index (κ1) is 17.9. The number of hydrogen-bond acceptors (Lipinski definition) is 4. The van der Waals surface area contributed by atoms with E-state index in [1.165, 1.54) is 31.5 Å². The van der Waals surface area contributed by atoms with Crippen LogP contribution in [0.25, 0.3) is 22.0 Å². The number of nitrogens with zero attached hydrogens (tertiary/aromatic N) is 1. The molecular formula is C21H17N3O3S. The highest BCUT2D eigenvalue weighted by Crippen LogP contribution is 2.33. The highest BCUT2D eigenvalue weighted by Gasteiger charge is 2.20. The lowest BCUT2D eigenvalue weighted by molar-refractivity contribution is -0.114. The molecule has 6 nitrogen and oxygen atoms in total. The van der Waals surface area contributed by atoms with Crippen LogP contribution < -0.4 is 5.32 Å². The minimum atomic E-state index is -3.79. The van der Waals surface area contributed by atoms with Crippen molar-refractivity contribution in [3.05, 3.63) is 73.2 Å². The maximum atomic E-state index is 13.1. The zero-order chi connectivity index (χ0) is 19.7. The van der Waals surface area contributed by atoms with Crippen LogP contribution in [0.4, 0.5) is 5.69 Å². The Kier molecular flexibility index (Phi) is 4.44. The van der Waals surface area contributed by atoms with Crippen LogP contribution >= 0.6 is 0 Å². The zero-order valence-corrected chi connectivity index (χ0v) is 15.8. The highest BCUT2D eigenvalue weighted by atomic mass is 32.2. The van der Waals surface area contributed by atoms with Crippen LogP contribution in [0.1, 0.15) is 6.92 Å². The molecule has 0 aliphatic heterocycles. The third-order valence-corrected chi connectivity index (χ3v) is 6.11. The third kappa shape index (κ3) is 3.27. The van der Waals surface area contributed by atoms with Gasteiger partial charge in [-0.2, -0.15) is 0 Å². The number of anilines is 1. The number of nitrogens with one attached hydrogen (secondary N) is 2. The van der Waals surface area contributed by atoms with E-state index in [0.29, 0.717) is 11.3 Å². The van der Waals surface area contributed by atoms with Crippen molar-refractivity contribution in [2.75, 3.05) is 5.32 Å². The van der Waals surface area contributed by atoms with Crippen LogP contribution in [0.15, 0.2) is 83.0 Å². The summed E-state index contributed by atoms with van der Waals surface area (Å²) in [4.78, 5) is 18.8. The Labute approximate surface area is 162 Å². The van der Waals surface area contributed by atoms with E-state index >= 15 is 0 Å². The van der Waals surface area contributed by atoms with Crippen molar-refractivity contribution in [2.24, 2.45) is 0 Å². The van der Waals surface area contributed by atoms with E-state index in [4.69, 9.17) is 0 Å². The molecule has 0 fully saturated rings. The van der Waals surface area contributed by atoms with Gasteiger partial charge in [-0.3, -0.25) is 9.78 Å². The monoisotopic (exact) mass is 391 g/mol. The fourth-order valence-corrected chi connectivity index (χ4v) is 4.46. The molecule has 4 rings (SSSR count). The van der Waals surface area contributed by atoms with Gasteiger partial charge >= 0.3 is 0 Å². The lowest BCUT2D eigenvalue weighted by Gasteiger charge is -2.12. The summed E-state index contributed by atoms with van der Waals surface area (Å²) in [7, 11) is -3.79. The van der Waals surface area contributed by atoms with Crippen molar-refractivity contribution in [2.45, 2.75) is 16.7 Å². The molecule has 0 atom stereocenters. The van der Waals surface area contributed by atoms with Crippen LogP contribution in [0.3, 0.4) is 0 Å². The molecule has 4 aromatic rings. The molecule has 0 saturated heterocycles. The summed E-state index contributed by atoms with van der Waals surface area (Å²) < 4.78 is 26.2. The van der Waals surface area contributed by atoms with Crippen molar-refractivity contribution >= 4 is 32.3 Å². The number of hydrogen-bond donors (Lipinski definition) is 2. The van der Waals surface area contributed by atoms with E-state index in [0.717, 1.165) is 16.5 Å². The lowest BCUT2D eigenvalue weighted by atomic mass is 10.0. The summed E-state index contributed by atoms with van der Waals surface area (Å²) in [6, 6.07) is 15.6. The van der Waals surface area contributed by atoms with Crippen molar-refractivity contribution in [3.63, 3.8) is 0 Å². The average Bonchev–Trinajstić information content (AvgIpc) is 3.16. The predicted octanol–water partition coefficient (Wildman–Crippen LogP) is 4.02. The van der Waals surface area contributed by atoms with E-state index in [2.05, 4.69) is 15.3 Å². The van der Waals surface area contributed by atoms with Crippen molar-refractivity contribution in [3.8, 4) is 11.1 Å². The number of pyridine rings is 1. The molecule has 0 unspecified atom stereocenters. The number of aromatic nitrogens is 2. The van der Waals surface area contributed by atoms with Gasteiger partial charge in [0.15, 0.2) is 0 Å². The molecule has 0 aliphatic carbocycles. The maximum Gasteiger partial charge on any atom is 0.221 e. The molecule has 0 spiro atoms. The fraction of sp³-hybridized carbons (Fsp3) is 0.0476. The van der Waals surface area contributed by atoms with E-state index in [-0.39, 0.29) is 15.7 Å². The Morgan fingerprint density at radius 2 is 1.89 bits per heavy atom. The molecule has 2 aromatic heterocycles. The maximum absolute atomic E-state index is 13.1. The average molecular weight is 391 g/mol. The second kappa shape index (κ2) is 6.94. The Morgan fingerprint density at radius 3 is 2.64 bits per heavy atom. The first-order valence-electron chi connectivity index (χ1n) is 8.59. The predicted molar refractivity (Wildman–Crippen MR) is 108 cm³/mol. The molecule has 2 aromatic carbocycles. The number of carbonyl (C=O) groups is 1. The van der Waals surface area contributed by atoms with Crippen LogP contribution in [0.5, 0.6) is 0 Å². The molecular weight excluding hydrogens is 374 g/mol. The summed E-state index contributed by atoms with van der Waals surface area (Å²) >= 11 is 0. The summed E-state index contributed by atoms with van der Waals surface area (Å²) in [5.41, 5.74) is 2.92. The number of benzene rings is 2. The molecule has 0 saturated carbocycles. The van der Waals surface area contributed by atoms with Crippen LogP contribution in [-0.4, -0.2) is 24.3 Å². The van der Waals surface area contributed by atoms with Crippen molar-refractivity contribution in [1.82, 2.24) is 9.97 Å². The second-order valence-corrected chi connectivity index (χ2v) is 8.31. The van der Waals surface area contributed by atoms with Gasteiger partial charge in [0.1, 0.15) is 0 Å². The summed E-state index contributed by atoms with van der Waals surface area (Å²) in [6.45, 7) is 1.38. The van der Waals surface area contributed by atoms with Gasteiger partial charge in [0, 0.05) is 42.1 Å². The first-order valence-corrected chi connectivity index (χ1v) is 10.1. The van der Waals surface area contributed by atoms with Gasteiger partial charge in [-0.25, -0.2) is 8.42 Å². The number of sulfone groups is 1. The quantitative estimate of drug-likeness (QED) is 0.550. The highest BCUT2D eigenvalue weighted by molar-refractivity contribution is 7.91. The van der Waals surface area contributed by atoms with E-state index in [9.17, 15) is 13.2 Å². The fourth-order valence-electron chi connectivity index (χ4n) is 3.16. The Morgan fingerprint density at radius 1 is 1.04 bits per heavy atom. The third-order valence-electron chi connectivity index (χ3n) is 4.39. The van der Waals surface area contributed by atoms with Gasteiger partial charge in [-0.1, -0.05) is 12.1 Å². The van der Waals surface area contributed by atoms with E-state index < -0.39 is 9.84 Å². The number of aromatic amines is 1. The smallest absolute Gasteiger partial charge is 0.221 e. The Balaban J connectivity index is 1.94. The minimum absolute atomic E-state index is 0.0919. The van der Waals surface area contributed by atoms with Gasteiger partial charge in [-0.05, 0) is 53.6 Å². The Bertz CT molecular complexity index is 1280. The molecule has 1 amide bonds. The number of fused-ring (bicyclic) bond motifs is 1. The van der Waals surface area contributed by atoms with Gasteiger partial charge in [0.25, 0.3) is 0 Å². The molecule has 0 radical (unpaired) electrons. The summed E-state index contributed by atoms with van der Waals surface area (Å²) in [6.07, 6.45) is 4.66. The zero-order valence-electron chi connectivity index (χ0n) is 15.0. The van der Waals surface area contributed by atoms with Crippen molar-refractivity contribution in [1.29, 1.82) is 0 Å².